The first kappa shape index (κ1) is 16.0. The SMILES string of the molecule is Cc1ccc(-c2nc3nc(CN4CCCC[C@H]4C)cc(=O)n3[nH]2)cc1. The van der Waals surface area contributed by atoms with Crippen LogP contribution in [-0.4, -0.2) is 37.1 Å². The highest BCUT2D eigenvalue weighted by molar-refractivity contribution is 5.57. The molecule has 1 N–H and O–H groups in total. The van der Waals surface area contributed by atoms with Gasteiger partial charge >= 0.3 is 0 Å². The number of hydrogen-bond acceptors (Lipinski definition) is 4. The summed E-state index contributed by atoms with van der Waals surface area (Å²) in [7, 11) is 0. The molecule has 25 heavy (non-hydrogen) atoms. The van der Waals surface area contributed by atoms with Crippen LogP contribution in [0.25, 0.3) is 17.2 Å². The number of nitrogens with zero attached hydrogens (tertiary/aromatic N) is 4. The Morgan fingerprint density at radius 2 is 2.00 bits per heavy atom. The van der Waals surface area contributed by atoms with E-state index in [1.54, 1.807) is 6.07 Å². The molecule has 3 aromatic rings. The van der Waals surface area contributed by atoms with E-state index in [-0.39, 0.29) is 5.56 Å². The highest BCUT2D eigenvalue weighted by Crippen LogP contribution is 2.19. The van der Waals surface area contributed by atoms with Crippen molar-refractivity contribution in [2.45, 2.75) is 45.7 Å². The Morgan fingerprint density at radius 1 is 1.20 bits per heavy atom. The van der Waals surface area contributed by atoms with E-state index in [1.807, 2.05) is 31.2 Å². The second-order valence-corrected chi connectivity index (χ2v) is 6.97. The van der Waals surface area contributed by atoms with Crippen LogP contribution in [0.3, 0.4) is 0 Å². The third-order valence-electron chi connectivity index (χ3n) is 5.01. The first-order chi connectivity index (χ1) is 12.1. The topological polar surface area (TPSA) is 66.3 Å². The molecular formula is C19H23N5O. The number of aromatic nitrogens is 4. The predicted octanol–water partition coefficient (Wildman–Crippen LogP) is 2.77. The van der Waals surface area contributed by atoms with E-state index in [4.69, 9.17) is 0 Å². The highest BCUT2D eigenvalue weighted by Gasteiger charge is 2.19. The molecule has 1 aliphatic rings. The van der Waals surface area contributed by atoms with Crippen LogP contribution in [0.2, 0.25) is 0 Å². The molecule has 0 unspecified atom stereocenters. The number of fused-ring (bicyclic) bond motifs is 1. The van der Waals surface area contributed by atoms with E-state index in [9.17, 15) is 4.79 Å². The van der Waals surface area contributed by atoms with E-state index in [0.717, 1.165) is 17.8 Å². The highest BCUT2D eigenvalue weighted by atomic mass is 16.1. The third kappa shape index (κ3) is 3.22. The molecule has 6 nitrogen and oxygen atoms in total. The van der Waals surface area contributed by atoms with E-state index in [2.05, 4.69) is 26.9 Å². The van der Waals surface area contributed by atoms with Gasteiger partial charge in [0.1, 0.15) is 0 Å². The van der Waals surface area contributed by atoms with Gasteiger partial charge in [0.15, 0.2) is 5.82 Å². The summed E-state index contributed by atoms with van der Waals surface area (Å²) in [6.45, 7) is 6.06. The molecule has 2 aromatic heterocycles. The Balaban J connectivity index is 1.67. The molecule has 1 saturated heterocycles. The molecule has 0 aliphatic carbocycles. The van der Waals surface area contributed by atoms with Gasteiger partial charge in [-0.25, -0.2) is 4.98 Å². The van der Waals surface area contributed by atoms with Crippen molar-refractivity contribution in [3.8, 4) is 11.4 Å². The molecule has 1 atom stereocenters. The number of H-pyrrole nitrogens is 1. The molecule has 0 saturated carbocycles. The fourth-order valence-electron chi connectivity index (χ4n) is 3.45. The van der Waals surface area contributed by atoms with Gasteiger partial charge in [-0.15, -0.1) is 0 Å². The Kier molecular flexibility index (Phi) is 4.13. The van der Waals surface area contributed by atoms with Crippen LogP contribution in [0.5, 0.6) is 0 Å². The lowest BCUT2D eigenvalue weighted by Gasteiger charge is -2.32. The first-order valence-corrected chi connectivity index (χ1v) is 8.90. The van der Waals surface area contributed by atoms with Gasteiger partial charge in [0.25, 0.3) is 11.3 Å². The second-order valence-electron chi connectivity index (χ2n) is 6.97. The summed E-state index contributed by atoms with van der Waals surface area (Å²) in [4.78, 5) is 24.0. The van der Waals surface area contributed by atoms with Crippen molar-refractivity contribution in [1.82, 2.24) is 24.5 Å². The number of hydrogen-bond donors (Lipinski definition) is 1. The molecule has 1 fully saturated rings. The minimum Gasteiger partial charge on any atom is -0.295 e. The van der Waals surface area contributed by atoms with Gasteiger partial charge in [-0.1, -0.05) is 36.2 Å². The summed E-state index contributed by atoms with van der Waals surface area (Å²) < 4.78 is 1.42. The fraction of sp³-hybridized carbons (Fsp3) is 0.421. The first-order valence-electron chi connectivity index (χ1n) is 8.90. The van der Waals surface area contributed by atoms with Gasteiger partial charge in [0.05, 0.1) is 5.69 Å². The maximum Gasteiger partial charge on any atom is 0.274 e. The van der Waals surface area contributed by atoms with Gasteiger partial charge in [-0.2, -0.15) is 9.50 Å². The van der Waals surface area contributed by atoms with Crippen LogP contribution in [0.1, 0.15) is 37.4 Å². The van der Waals surface area contributed by atoms with Crippen molar-refractivity contribution in [2.75, 3.05) is 6.54 Å². The number of piperidine rings is 1. The van der Waals surface area contributed by atoms with Crippen LogP contribution in [0, 0.1) is 6.92 Å². The molecule has 0 radical (unpaired) electrons. The minimum atomic E-state index is -0.115. The third-order valence-corrected chi connectivity index (χ3v) is 5.01. The number of likely N-dealkylation sites (tertiary alicyclic amines) is 1. The van der Waals surface area contributed by atoms with Gasteiger partial charge in [-0.05, 0) is 33.2 Å². The summed E-state index contributed by atoms with van der Waals surface area (Å²) in [5, 5.41) is 3.06. The van der Waals surface area contributed by atoms with E-state index in [1.165, 1.54) is 29.3 Å². The van der Waals surface area contributed by atoms with Crippen molar-refractivity contribution in [1.29, 1.82) is 0 Å². The van der Waals surface area contributed by atoms with Crippen molar-refractivity contribution in [3.05, 3.63) is 51.9 Å². The molecule has 0 amide bonds. The molecule has 3 heterocycles. The van der Waals surface area contributed by atoms with Crippen molar-refractivity contribution < 1.29 is 0 Å². The maximum absolute atomic E-state index is 12.5. The Hall–Kier alpha value is -2.47. The van der Waals surface area contributed by atoms with Crippen molar-refractivity contribution in [2.24, 2.45) is 0 Å². The maximum atomic E-state index is 12.5. The van der Waals surface area contributed by atoms with Gasteiger partial charge < -0.3 is 0 Å². The van der Waals surface area contributed by atoms with E-state index >= 15 is 0 Å². The Morgan fingerprint density at radius 3 is 2.76 bits per heavy atom. The van der Waals surface area contributed by atoms with Crippen LogP contribution >= 0.6 is 0 Å². The minimum absolute atomic E-state index is 0.115. The molecule has 4 rings (SSSR count). The predicted molar refractivity (Wildman–Crippen MR) is 97.5 cm³/mol. The number of nitrogens with one attached hydrogen (secondary N) is 1. The van der Waals surface area contributed by atoms with E-state index in [0.29, 0.717) is 24.2 Å². The lowest BCUT2D eigenvalue weighted by Crippen LogP contribution is -2.37. The van der Waals surface area contributed by atoms with Crippen LogP contribution < -0.4 is 5.56 Å². The van der Waals surface area contributed by atoms with Crippen LogP contribution in [-0.2, 0) is 6.54 Å². The average molecular weight is 337 g/mol. The number of rotatable bonds is 3. The van der Waals surface area contributed by atoms with Crippen LogP contribution in [0.4, 0.5) is 0 Å². The average Bonchev–Trinajstić information content (AvgIpc) is 3.02. The molecule has 0 bridgehead atoms. The Bertz CT molecular complexity index is 941. The fourth-order valence-corrected chi connectivity index (χ4v) is 3.45. The molecular weight excluding hydrogens is 314 g/mol. The molecule has 1 aromatic carbocycles. The van der Waals surface area contributed by atoms with Gasteiger partial charge in [0, 0.05) is 24.2 Å². The zero-order chi connectivity index (χ0) is 17.4. The molecule has 6 heteroatoms. The number of benzene rings is 1. The molecule has 1 aliphatic heterocycles. The standard InChI is InChI=1S/C19H23N5O/c1-13-6-8-15(9-7-13)18-21-19-20-16(11-17(25)24(19)22-18)12-23-10-4-3-5-14(23)2/h6-9,11,14H,3-5,10,12H2,1-2H3,(H,20,21,22)/t14-/m1/s1. The Labute approximate surface area is 146 Å². The largest absolute Gasteiger partial charge is 0.295 e. The lowest BCUT2D eigenvalue weighted by atomic mass is 10.0. The zero-order valence-electron chi connectivity index (χ0n) is 14.7. The lowest BCUT2D eigenvalue weighted by molar-refractivity contribution is 0.151. The molecule has 130 valence electrons. The van der Waals surface area contributed by atoms with E-state index < -0.39 is 0 Å². The number of aryl methyl sites for hydroxylation is 1. The van der Waals surface area contributed by atoms with Gasteiger partial charge in [0.2, 0.25) is 0 Å². The second kappa shape index (κ2) is 6.44. The summed E-state index contributed by atoms with van der Waals surface area (Å²) in [5.74, 6) is 1.09. The number of aromatic amines is 1. The summed E-state index contributed by atoms with van der Waals surface area (Å²) in [6.07, 6.45) is 3.71. The summed E-state index contributed by atoms with van der Waals surface area (Å²) in [6, 6.07) is 10.2. The van der Waals surface area contributed by atoms with Crippen molar-refractivity contribution in [3.63, 3.8) is 0 Å². The summed E-state index contributed by atoms with van der Waals surface area (Å²) in [5.41, 5.74) is 2.81. The smallest absolute Gasteiger partial charge is 0.274 e. The molecule has 0 spiro atoms. The summed E-state index contributed by atoms with van der Waals surface area (Å²) >= 11 is 0. The zero-order valence-corrected chi connectivity index (χ0v) is 14.7. The monoisotopic (exact) mass is 337 g/mol. The van der Waals surface area contributed by atoms with Gasteiger partial charge in [-0.3, -0.25) is 14.8 Å². The normalized spacial score (nSPS) is 18.7. The van der Waals surface area contributed by atoms with Crippen LogP contribution in [0.15, 0.2) is 35.1 Å². The quantitative estimate of drug-likeness (QED) is 0.798. The van der Waals surface area contributed by atoms with Crippen molar-refractivity contribution >= 4 is 5.78 Å².